The number of hydrogen-bond acceptors (Lipinski definition) is 3. The SMILES string of the molecule is CCOc1ccccc1C(=O)NCC(=O)Nc1ccc2c(c1)Cc1ccccc1-2. The summed E-state index contributed by atoms with van der Waals surface area (Å²) in [4.78, 5) is 24.7. The van der Waals surface area contributed by atoms with Crippen molar-refractivity contribution in [1.29, 1.82) is 0 Å². The fraction of sp³-hybridized carbons (Fsp3) is 0.167. The molecule has 1 aliphatic carbocycles. The molecule has 29 heavy (non-hydrogen) atoms. The molecule has 0 saturated heterocycles. The van der Waals surface area contributed by atoms with Crippen LogP contribution in [0.1, 0.15) is 28.4 Å². The van der Waals surface area contributed by atoms with Crippen molar-refractivity contribution >= 4 is 17.5 Å². The lowest BCUT2D eigenvalue weighted by Gasteiger charge is -2.11. The maximum absolute atomic E-state index is 12.4. The quantitative estimate of drug-likeness (QED) is 0.526. The van der Waals surface area contributed by atoms with E-state index in [1.54, 1.807) is 24.3 Å². The Balaban J connectivity index is 1.37. The highest BCUT2D eigenvalue weighted by atomic mass is 16.5. The van der Waals surface area contributed by atoms with Crippen LogP contribution in [0.25, 0.3) is 11.1 Å². The average molecular weight is 386 g/mol. The van der Waals surface area contributed by atoms with Crippen molar-refractivity contribution in [3.05, 3.63) is 83.4 Å². The first kappa shape index (κ1) is 18.7. The molecule has 0 atom stereocenters. The van der Waals surface area contributed by atoms with E-state index in [1.165, 1.54) is 22.3 Å². The Hall–Kier alpha value is -3.60. The maximum Gasteiger partial charge on any atom is 0.255 e. The summed E-state index contributed by atoms with van der Waals surface area (Å²) in [5.74, 6) is -0.109. The first-order valence-electron chi connectivity index (χ1n) is 9.67. The minimum absolute atomic E-state index is 0.114. The summed E-state index contributed by atoms with van der Waals surface area (Å²) in [5, 5.41) is 5.51. The predicted molar refractivity (Wildman–Crippen MR) is 113 cm³/mol. The van der Waals surface area contributed by atoms with Crippen molar-refractivity contribution in [2.75, 3.05) is 18.5 Å². The summed E-state index contributed by atoms with van der Waals surface area (Å²) in [6.07, 6.45) is 0.861. The van der Waals surface area contributed by atoms with Crippen LogP contribution in [0.2, 0.25) is 0 Å². The Labute approximate surface area is 169 Å². The van der Waals surface area contributed by atoms with E-state index in [2.05, 4.69) is 22.8 Å². The molecule has 0 unspecified atom stereocenters. The van der Waals surface area contributed by atoms with Gasteiger partial charge in [0.1, 0.15) is 5.75 Å². The van der Waals surface area contributed by atoms with Gasteiger partial charge in [0, 0.05) is 5.69 Å². The van der Waals surface area contributed by atoms with Crippen molar-refractivity contribution in [2.45, 2.75) is 13.3 Å². The number of para-hydroxylation sites is 1. The molecule has 2 amide bonds. The molecule has 5 heteroatoms. The van der Waals surface area contributed by atoms with Crippen molar-refractivity contribution in [3.8, 4) is 16.9 Å². The van der Waals surface area contributed by atoms with E-state index in [4.69, 9.17) is 4.74 Å². The molecule has 1 aliphatic rings. The molecule has 0 heterocycles. The van der Waals surface area contributed by atoms with Gasteiger partial charge >= 0.3 is 0 Å². The van der Waals surface area contributed by atoms with Crippen LogP contribution < -0.4 is 15.4 Å². The van der Waals surface area contributed by atoms with Gasteiger partial charge in [-0.1, -0.05) is 42.5 Å². The number of anilines is 1. The molecule has 0 aromatic heterocycles. The Kier molecular flexibility index (Phi) is 5.29. The lowest BCUT2D eigenvalue weighted by Crippen LogP contribution is -2.33. The van der Waals surface area contributed by atoms with Crippen molar-refractivity contribution < 1.29 is 14.3 Å². The molecule has 4 rings (SSSR count). The highest BCUT2D eigenvalue weighted by molar-refractivity contribution is 6.01. The largest absolute Gasteiger partial charge is 0.493 e. The van der Waals surface area contributed by atoms with Crippen LogP contribution in [0.4, 0.5) is 5.69 Å². The van der Waals surface area contributed by atoms with Gasteiger partial charge in [-0.3, -0.25) is 9.59 Å². The Morgan fingerprint density at radius 3 is 2.55 bits per heavy atom. The zero-order chi connectivity index (χ0) is 20.2. The third-order valence-corrected chi connectivity index (χ3v) is 4.92. The molecule has 2 N–H and O–H groups in total. The minimum Gasteiger partial charge on any atom is -0.493 e. The van der Waals surface area contributed by atoms with Gasteiger partial charge in [0.05, 0.1) is 18.7 Å². The molecule has 0 saturated carbocycles. The molecule has 0 fully saturated rings. The zero-order valence-electron chi connectivity index (χ0n) is 16.2. The van der Waals surface area contributed by atoms with Gasteiger partial charge in [-0.05, 0) is 59.9 Å². The summed E-state index contributed by atoms with van der Waals surface area (Å²) in [6, 6.07) is 21.2. The Morgan fingerprint density at radius 2 is 1.69 bits per heavy atom. The van der Waals surface area contributed by atoms with Gasteiger partial charge in [-0.25, -0.2) is 0 Å². The fourth-order valence-electron chi connectivity index (χ4n) is 3.62. The van der Waals surface area contributed by atoms with E-state index in [1.807, 2.05) is 37.3 Å². The molecule has 0 aliphatic heterocycles. The molecular weight excluding hydrogens is 364 g/mol. The molecule has 0 radical (unpaired) electrons. The van der Waals surface area contributed by atoms with E-state index in [0.717, 1.165) is 12.1 Å². The summed E-state index contributed by atoms with van der Waals surface area (Å²) >= 11 is 0. The van der Waals surface area contributed by atoms with Gasteiger partial charge in [0.2, 0.25) is 5.91 Å². The molecule has 3 aromatic carbocycles. The van der Waals surface area contributed by atoms with Gasteiger partial charge < -0.3 is 15.4 Å². The van der Waals surface area contributed by atoms with Crippen LogP contribution in [0.15, 0.2) is 66.7 Å². The lowest BCUT2D eigenvalue weighted by atomic mass is 10.1. The lowest BCUT2D eigenvalue weighted by molar-refractivity contribution is -0.115. The van der Waals surface area contributed by atoms with Gasteiger partial charge in [-0.15, -0.1) is 0 Å². The average Bonchev–Trinajstić information content (AvgIpc) is 3.10. The van der Waals surface area contributed by atoms with E-state index < -0.39 is 0 Å². The smallest absolute Gasteiger partial charge is 0.255 e. The normalized spacial score (nSPS) is 11.3. The number of benzene rings is 3. The number of nitrogens with one attached hydrogen (secondary N) is 2. The number of fused-ring (bicyclic) bond motifs is 3. The van der Waals surface area contributed by atoms with E-state index in [9.17, 15) is 9.59 Å². The highest BCUT2D eigenvalue weighted by Gasteiger charge is 2.18. The van der Waals surface area contributed by atoms with Crippen molar-refractivity contribution in [1.82, 2.24) is 5.32 Å². The molecule has 0 spiro atoms. The zero-order valence-corrected chi connectivity index (χ0v) is 16.2. The summed E-state index contributed by atoms with van der Waals surface area (Å²) < 4.78 is 5.47. The molecule has 0 bridgehead atoms. The van der Waals surface area contributed by atoms with Gasteiger partial charge in [0.15, 0.2) is 0 Å². The third-order valence-electron chi connectivity index (χ3n) is 4.92. The van der Waals surface area contributed by atoms with Crippen LogP contribution in [0.3, 0.4) is 0 Å². The van der Waals surface area contributed by atoms with Gasteiger partial charge in [-0.2, -0.15) is 0 Å². The van der Waals surface area contributed by atoms with Crippen molar-refractivity contribution in [3.63, 3.8) is 0 Å². The van der Waals surface area contributed by atoms with E-state index >= 15 is 0 Å². The Morgan fingerprint density at radius 1 is 0.931 bits per heavy atom. The van der Waals surface area contributed by atoms with Crippen LogP contribution in [-0.4, -0.2) is 25.0 Å². The second-order valence-corrected chi connectivity index (χ2v) is 6.87. The molecule has 146 valence electrons. The standard InChI is InChI=1S/C24H22N2O3/c1-2-29-22-10-6-5-9-21(22)24(28)25-15-23(27)26-18-11-12-20-17(14-18)13-16-7-3-4-8-19(16)20/h3-12,14H,2,13,15H2,1H3,(H,25,28)(H,26,27). The second kappa shape index (κ2) is 8.19. The number of ether oxygens (including phenoxy) is 1. The fourth-order valence-corrected chi connectivity index (χ4v) is 3.62. The van der Waals surface area contributed by atoms with E-state index in [-0.39, 0.29) is 18.4 Å². The molecular formula is C24H22N2O3. The first-order chi connectivity index (χ1) is 14.2. The molecule has 5 nitrogen and oxygen atoms in total. The van der Waals surface area contributed by atoms with Crippen LogP contribution in [0.5, 0.6) is 5.75 Å². The maximum atomic E-state index is 12.4. The molecule has 3 aromatic rings. The van der Waals surface area contributed by atoms with Crippen LogP contribution >= 0.6 is 0 Å². The number of rotatable bonds is 6. The first-order valence-corrected chi connectivity index (χ1v) is 9.67. The monoisotopic (exact) mass is 386 g/mol. The topological polar surface area (TPSA) is 67.4 Å². The highest BCUT2D eigenvalue weighted by Crippen LogP contribution is 2.37. The third kappa shape index (κ3) is 3.99. The summed E-state index contributed by atoms with van der Waals surface area (Å²) in [6.45, 7) is 2.21. The van der Waals surface area contributed by atoms with Gasteiger partial charge in [0.25, 0.3) is 5.91 Å². The number of carbonyl (C=O) groups excluding carboxylic acids is 2. The van der Waals surface area contributed by atoms with Crippen molar-refractivity contribution in [2.24, 2.45) is 0 Å². The summed E-state index contributed by atoms with van der Waals surface area (Å²) in [7, 11) is 0. The van der Waals surface area contributed by atoms with E-state index in [0.29, 0.717) is 17.9 Å². The minimum atomic E-state index is -0.339. The van der Waals surface area contributed by atoms with Crippen LogP contribution in [-0.2, 0) is 11.2 Å². The predicted octanol–water partition coefficient (Wildman–Crippen LogP) is 4.03. The van der Waals surface area contributed by atoms with Crippen LogP contribution in [0, 0.1) is 0 Å². The summed E-state index contributed by atoms with van der Waals surface area (Å²) in [5.41, 5.74) is 6.09. The second-order valence-electron chi connectivity index (χ2n) is 6.87. The number of amides is 2. The number of hydrogen-bond donors (Lipinski definition) is 2. The number of carbonyl (C=O) groups is 2. The Bertz CT molecular complexity index is 1080.